The molecule has 7 nitrogen and oxygen atoms in total. The number of carbonyl (C=O) groups excluding carboxylic acids is 3. The number of hydrogen-bond donors (Lipinski definition) is 1. The Bertz CT molecular complexity index is 1300. The van der Waals surface area contributed by atoms with Crippen molar-refractivity contribution in [2.24, 2.45) is 38.4 Å². The fourth-order valence-electron chi connectivity index (χ4n) is 9.52. The lowest BCUT2D eigenvalue weighted by Gasteiger charge is -2.68. The van der Waals surface area contributed by atoms with E-state index in [9.17, 15) is 24.8 Å². The molecule has 4 aliphatic rings. The number of nitriles is 1. The molecule has 7 heteroatoms. The number of allylic oxidation sites excluding steroid dienone is 3. The molecule has 7 atom stereocenters. The van der Waals surface area contributed by atoms with Gasteiger partial charge in [0.05, 0.1) is 12.2 Å². The van der Waals surface area contributed by atoms with Crippen LogP contribution in [0.3, 0.4) is 0 Å². The van der Waals surface area contributed by atoms with E-state index < -0.39 is 39.3 Å². The van der Waals surface area contributed by atoms with Crippen LogP contribution in [0.25, 0.3) is 0 Å². The second-order valence-corrected chi connectivity index (χ2v) is 16.5. The normalized spacial score (nSPS) is 42.0. The first-order valence-corrected chi connectivity index (χ1v) is 16.0. The van der Waals surface area contributed by atoms with Crippen molar-refractivity contribution in [3.05, 3.63) is 23.3 Å². The van der Waals surface area contributed by atoms with Crippen LogP contribution in [-0.2, 0) is 23.9 Å². The minimum absolute atomic E-state index is 0.0515. The molecule has 0 amide bonds. The lowest BCUT2D eigenvalue weighted by molar-refractivity contribution is -0.224. The van der Waals surface area contributed by atoms with Gasteiger partial charge in [0.25, 0.3) is 0 Å². The van der Waals surface area contributed by atoms with Crippen molar-refractivity contribution in [1.29, 1.82) is 5.26 Å². The van der Waals surface area contributed by atoms with Crippen LogP contribution < -0.4 is 0 Å². The molecule has 1 N–H and O–H groups in total. The van der Waals surface area contributed by atoms with Crippen LogP contribution >= 0.6 is 0 Å². The molecule has 0 aliphatic heterocycles. The molecule has 0 aromatic carbocycles. The monoisotopic (exact) mass is 595 g/mol. The highest BCUT2D eigenvalue weighted by Gasteiger charge is 2.70. The van der Waals surface area contributed by atoms with Gasteiger partial charge in [-0.15, -0.1) is 0 Å². The Balaban J connectivity index is 1.97. The fourth-order valence-corrected chi connectivity index (χ4v) is 9.52. The molecule has 2 saturated carbocycles. The first-order chi connectivity index (χ1) is 19.6. The number of fused-ring (bicyclic) bond motifs is 5. The average molecular weight is 596 g/mol. The van der Waals surface area contributed by atoms with E-state index in [1.54, 1.807) is 0 Å². The molecule has 0 heterocycles. The summed E-state index contributed by atoms with van der Waals surface area (Å²) >= 11 is 0. The quantitative estimate of drug-likeness (QED) is 0.275. The Hall–Kier alpha value is -2.46. The zero-order valence-corrected chi connectivity index (χ0v) is 28.1. The predicted octanol–water partition coefficient (Wildman–Crippen LogP) is 7.03. The van der Waals surface area contributed by atoms with Crippen molar-refractivity contribution in [2.45, 2.75) is 132 Å². The Morgan fingerprint density at radius 3 is 2.12 bits per heavy atom. The number of esters is 2. The van der Waals surface area contributed by atoms with Gasteiger partial charge in [-0.3, -0.25) is 14.4 Å². The Morgan fingerprint density at radius 1 is 0.930 bits per heavy atom. The van der Waals surface area contributed by atoms with Crippen LogP contribution in [0.2, 0.25) is 0 Å². The smallest absolute Gasteiger partial charge is 0.303 e. The van der Waals surface area contributed by atoms with E-state index in [0.29, 0.717) is 25.9 Å². The third kappa shape index (κ3) is 5.20. The van der Waals surface area contributed by atoms with Gasteiger partial charge in [0, 0.05) is 35.5 Å². The minimum Gasteiger partial charge on any atom is -0.465 e. The number of rotatable bonds is 3. The number of carbonyl (C=O) groups is 3. The molecule has 2 fully saturated rings. The number of aliphatic hydroxyl groups is 1. The third-order valence-electron chi connectivity index (χ3n) is 12.8. The molecular formula is C36H53NO6. The molecule has 0 aromatic heterocycles. The van der Waals surface area contributed by atoms with Crippen molar-refractivity contribution >= 4 is 17.7 Å². The number of ketones is 1. The van der Waals surface area contributed by atoms with Gasteiger partial charge in [-0.05, 0) is 74.2 Å². The second kappa shape index (κ2) is 10.6. The first-order valence-electron chi connectivity index (χ1n) is 16.0. The van der Waals surface area contributed by atoms with E-state index in [1.165, 1.54) is 13.8 Å². The Kier molecular flexibility index (Phi) is 8.22. The SMILES string of the molecule is CC(=O)OC[C@@]1(C)CCC(C)(C)CC[C@@]2(O)[C@H](OC(C)=O)C=C3[C@@]4(C)C=C(C#N)C(=O)C(C)(C)[C@@H]4CC[C@@]3(C)[C@]2(C)CC1. The summed E-state index contributed by atoms with van der Waals surface area (Å²) in [7, 11) is 0. The molecule has 0 unspecified atom stereocenters. The highest BCUT2D eigenvalue weighted by Crippen LogP contribution is 2.72. The van der Waals surface area contributed by atoms with E-state index in [4.69, 9.17) is 9.47 Å². The van der Waals surface area contributed by atoms with Gasteiger partial charge in [-0.1, -0.05) is 67.0 Å². The van der Waals surface area contributed by atoms with Gasteiger partial charge in [-0.2, -0.15) is 5.26 Å². The van der Waals surface area contributed by atoms with E-state index in [1.807, 2.05) is 26.0 Å². The summed E-state index contributed by atoms with van der Waals surface area (Å²) in [4.78, 5) is 37.9. The zero-order chi connectivity index (χ0) is 32.4. The number of Topliss-reactive ketones (excluding diaryl/α,β-unsaturated/α-hetero) is 1. The van der Waals surface area contributed by atoms with Gasteiger partial charge in [0.2, 0.25) is 0 Å². The van der Waals surface area contributed by atoms with E-state index in [0.717, 1.165) is 37.7 Å². The summed E-state index contributed by atoms with van der Waals surface area (Å²) < 4.78 is 11.7. The summed E-state index contributed by atoms with van der Waals surface area (Å²) in [5.41, 5.74) is -3.20. The van der Waals surface area contributed by atoms with Crippen molar-refractivity contribution in [3.63, 3.8) is 0 Å². The number of ether oxygens (including phenoxy) is 2. The van der Waals surface area contributed by atoms with Crippen molar-refractivity contribution in [1.82, 2.24) is 0 Å². The van der Waals surface area contributed by atoms with E-state index >= 15 is 0 Å². The standard InChI is InChI=1S/C36H53NO6/c1-23(38)42-22-32(7)15-13-30(3,4)14-18-36(41)28(43-24(2)39)19-27-33(8)20-25(21-37)29(40)31(5,6)26(33)11-12-34(27,9)35(36,10)17-16-32/h19-20,26,28,41H,11-18,22H2,1-10H3/t26-,28+,32-,33-,34+,35-,36+/m0/s1. The third-order valence-corrected chi connectivity index (χ3v) is 12.8. The van der Waals surface area contributed by atoms with Gasteiger partial charge in [-0.25, -0.2) is 0 Å². The number of hydrogen-bond acceptors (Lipinski definition) is 7. The molecule has 0 bridgehead atoms. The summed E-state index contributed by atoms with van der Waals surface area (Å²) in [5.74, 6) is -0.934. The van der Waals surface area contributed by atoms with Crippen molar-refractivity contribution in [3.8, 4) is 6.07 Å². The lowest BCUT2D eigenvalue weighted by Crippen LogP contribution is -2.69. The second-order valence-electron chi connectivity index (χ2n) is 16.5. The van der Waals surface area contributed by atoms with Crippen LogP contribution in [0.15, 0.2) is 23.3 Å². The molecule has 0 saturated heterocycles. The molecule has 0 spiro atoms. The van der Waals surface area contributed by atoms with Gasteiger partial charge in [0.15, 0.2) is 5.78 Å². The molecule has 238 valence electrons. The molecule has 0 aromatic rings. The number of nitrogens with zero attached hydrogens (tertiary/aromatic N) is 1. The topological polar surface area (TPSA) is 114 Å². The molecular weight excluding hydrogens is 542 g/mol. The summed E-state index contributed by atoms with van der Waals surface area (Å²) in [6.07, 6.45) is 8.84. The van der Waals surface area contributed by atoms with Gasteiger partial charge >= 0.3 is 11.9 Å². The Labute approximate surface area is 258 Å². The molecule has 0 radical (unpaired) electrons. The van der Waals surface area contributed by atoms with Gasteiger partial charge in [0.1, 0.15) is 17.8 Å². The van der Waals surface area contributed by atoms with Crippen LogP contribution in [0, 0.1) is 49.7 Å². The lowest BCUT2D eigenvalue weighted by atomic mass is 9.37. The van der Waals surface area contributed by atoms with Crippen LogP contribution in [0.5, 0.6) is 0 Å². The predicted molar refractivity (Wildman–Crippen MR) is 164 cm³/mol. The summed E-state index contributed by atoms with van der Waals surface area (Å²) in [6, 6.07) is 2.18. The molecule has 43 heavy (non-hydrogen) atoms. The fraction of sp³-hybridized carbons (Fsp3) is 0.778. The average Bonchev–Trinajstić information content (AvgIpc) is 2.90. The first kappa shape index (κ1) is 33.4. The highest BCUT2D eigenvalue weighted by molar-refractivity contribution is 6.04. The summed E-state index contributed by atoms with van der Waals surface area (Å²) in [6.45, 7) is 20.2. The maximum Gasteiger partial charge on any atom is 0.303 e. The van der Waals surface area contributed by atoms with E-state index in [-0.39, 0.29) is 34.1 Å². The van der Waals surface area contributed by atoms with E-state index in [2.05, 4.69) is 47.6 Å². The van der Waals surface area contributed by atoms with Crippen molar-refractivity contribution in [2.75, 3.05) is 6.61 Å². The van der Waals surface area contributed by atoms with Crippen LogP contribution in [-0.4, -0.2) is 41.1 Å². The van der Waals surface area contributed by atoms with Gasteiger partial charge < -0.3 is 14.6 Å². The highest BCUT2D eigenvalue weighted by atomic mass is 16.6. The molecule has 4 rings (SSSR count). The van der Waals surface area contributed by atoms with Crippen LogP contribution in [0.1, 0.15) is 121 Å². The summed E-state index contributed by atoms with van der Waals surface area (Å²) in [5, 5.41) is 23.1. The largest absolute Gasteiger partial charge is 0.465 e. The maximum atomic E-state index is 13.4. The minimum atomic E-state index is -1.36. The van der Waals surface area contributed by atoms with Crippen molar-refractivity contribution < 1.29 is 29.0 Å². The van der Waals surface area contributed by atoms with Crippen LogP contribution in [0.4, 0.5) is 0 Å². The Morgan fingerprint density at radius 2 is 1.53 bits per heavy atom. The zero-order valence-electron chi connectivity index (χ0n) is 28.1. The molecule has 4 aliphatic carbocycles. The maximum absolute atomic E-state index is 13.4.